The van der Waals surface area contributed by atoms with Crippen LogP contribution in [0.1, 0.15) is 81.6 Å². The highest BCUT2D eigenvalue weighted by molar-refractivity contribution is 8.01. The molecule has 13 heteroatoms. The number of fused-ring (bicyclic) bond motifs is 1. The lowest BCUT2D eigenvalue weighted by Crippen LogP contribution is -2.69. The van der Waals surface area contributed by atoms with Crippen molar-refractivity contribution in [3.05, 3.63) is 11.8 Å². The summed E-state index contributed by atoms with van der Waals surface area (Å²) in [5.74, 6) is -2.12. The maximum atomic E-state index is 12.7. The Morgan fingerprint density at radius 3 is 2.08 bits per heavy atom. The van der Waals surface area contributed by atoms with Crippen LogP contribution in [0, 0.1) is 0 Å². The van der Waals surface area contributed by atoms with Gasteiger partial charge in [0.25, 0.3) is 5.91 Å². The van der Waals surface area contributed by atoms with Crippen LogP contribution in [0.2, 0.25) is 0 Å². The first-order chi connectivity index (χ1) is 18.2. The smallest absolute Gasteiger partial charge is 0.408 e. The number of aldehydes is 1. The highest BCUT2D eigenvalue weighted by Crippen LogP contribution is 2.41. The number of ether oxygens (including phenoxy) is 3. The van der Waals surface area contributed by atoms with Gasteiger partial charge in [-0.2, -0.15) is 0 Å². The SMILES string of the molecule is CC(C)(C)OC(=O)NC(CCCC(=O)NC1C(=O)N2C=C(C=O)C(C(=O)OC(C)(C)C)S[C@H]12)C(=O)OC(C)(C)C. The largest absolute Gasteiger partial charge is 0.459 e. The zero-order valence-electron chi connectivity index (χ0n) is 24.6. The molecule has 4 atom stereocenters. The van der Waals surface area contributed by atoms with E-state index < -0.39 is 69.4 Å². The Bertz CT molecular complexity index is 1050. The van der Waals surface area contributed by atoms with Crippen molar-refractivity contribution < 1.29 is 43.0 Å². The summed E-state index contributed by atoms with van der Waals surface area (Å²) >= 11 is 1.06. The van der Waals surface area contributed by atoms with E-state index in [4.69, 9.17) is 14.2 Å². The molecule has 2 aliphatic rings. The van der Waals surface area contributed by atoms with Crippen LogP contribution in [0.15, 0.2) is 11.8 Å². The van der Waals surface area contributed by atoms with Gasteiger partial charge in [-0.15, -0.1) is 11.8 Å². The van der Waals surface area contributed by atoms with Crippen molar-refractivity contribution in [2.24, 2.45) is 0 Å². The number of carbonyl (C=O) groups excluding carboxylic acids is 6. The molecule has 224 valence electrons. The summed E-state index contributed by atoms with van der Waals surface area (Å²) in [6.07, 6.45) is 1.30. The second-order valence-electron chi connectivity index (χ2n) is 12.6. The fraction of sp³-hybridized carbons (Fsp3) is 0.704. The second kappa shape index (κ2) is 12.6. The van der Waals surface area contributed by atoms with E-state index in [-0.39, 0.29) is 24.8 Å². The van der Waals surface area contributed by atoms with Gasteiger partial charge in [0.2, 0.25) is 5.91 Å². The molecule has 1 saturated heterocycles. The predicted octanol–water partition coefficient (Wildman–Crippen LogP) is 2.58. The van der Waals surface area contributed by atoms with E-state index >= 15 is 0 Å². The Labute approximate surface area is 239 Å². The Balaban J connectivity index is 1.99. The number of hydrogen-bond acceptors (Lipinski definition) is 10. The maximum Gasteiger partial charge on any atom is 0.408 e. The molecular weight excluding hydrogens is 542 g/mol. The topological polar surface area (TPSA) is 157 Å². The predicted molar refractivity (Wildman–Crippen MR) is 147 cm³/mol. The van der Waals surface area contributed by atoms with Crippen molar-refractivity contribution >= 4 is 47.9 Å². The number of β-lactam (4-membered cyclic amide) rings is 1. The lowest BCUT2D eigenvalue weighted by atomic mass is 10.0. The first-order valence-electron chi connectivity index (χ1n) is 13.1. The zero-order chi connectivity index (χ0) is 30.6. The molecule has 40 heavy (non-hydrogen) atoms. The van der Waals surface area contributed by atoms with Crippen LogP contribution in [0.25, 0.3) is 0 Å². The first-order valence-corrected chi connectivity index (χ1v) is 14.0. The third kappa shape index (κ3) is 9.83. The highest BCUT2D eigenvalue weighted by Gasteiger charge is 2.53. The van der Waals surface area contributed by atoms with Crippen LogP contribution in [0.5, 0.6) is 0 Å². The number of carbonyl (C=O) groups is 6. The van der Waals surface area contributed by atoms with E-state index in [2.05, 4.69) is 10.6 Å². The van der Waals surface area contributed by atoms with Crippen LogP contribution in [0.3, 0.4) is 0 Å². The van der Waals surface area contributed by atoms with Crippen LogP contribution >= 0.6 is 11.8 Å². The van der Waals surface area contributed by atoms with Crippen molar-refractivity contribution in [1.82, 2.24) is 15.5 Å². The molecule has 0 saturated carbocycles. The minimum Gasteiger partial charge on any atom is -0.459 e. The number of amides is 3. The molecule has 0 aromatic carbocycles. The lowest BCUT2D eigenvalue weighted by Gasteiger charge is -2.48. The maximum absolute atomic E-state index is 12.7. The van der Waals surface area contributed by atoms with Crippen molar-refractivity contribution in [3.63, 3.8) is 0 Å². The molecule has 3 unspecified atom stereocenters. The van der Waals surface area contributed by atoms with Crippen molar-refractivity contribution in [2.45, 2.75) is 121 Å². The van der Waals surface area contributed by atoms with Gasteiger partial charge < -0.3 is 29.7 Å². The van der Waals surface area contributed by atoms with Gasteiger partial charge in [0.05, 0.1) is 0 Å². The molecule has 3 amide bonds. The second-order valence-corrected chi connectivity index (χ2v) is 13.8. The van der Waals surface area contributed by atoms with E-state index in [0.717, 1.165) is 11.8 Å². The molecule has 1 fully saturated rings. The van der Waals surface area contributed by atoms with E-state index in [1.165, 1.54) is 11.1 Å². The molecular formula is C27H41N3O9S. The average molecular weight is 584 g/mol. The Morgan fingerprint density at radius 2 is 1.55 bits per heavy atom. The van der Waals surface area contributed by atoms with Gasteiger partial charge in [-0.1, -0.05) is 0 Å². The monoisotopic (exact) mass is 583 g/mol. The molecule has 0 aromatic rings. The van der Waals surface area contributed by atoms with Gasteiger partial charge in [0.15, 0.2) is 0 Å². The fourth-order valence-electron chi connectivity index (χ4n) is 3.77. The molecule has 0 aliphatic carbocycles. The third-order valence-electron chi connectivity index (χ3n) is 5.30. The minimum atomic E-state index is -1.04. The van der Waals surface area contributed by atoms with E-state index in [1.54, 1.807) is 62.3 Å². The molecule has 0 aromatic heterocycles. The summed E-state index contributed by atoms with van der Waals surface area (Å²) in [5.41, 5.74) is -2.21. The number of thioether (sulfide) groups is 1. The molecule has 2 aliphatic heterocycles. The first kappa shape index (κ1) is 33.1. The summed E-state index contributed by atoms with van der Waals surface area (Å²) < 4.78 is 16.1. The summed E-state index contributed by atoms with van der Waals surface area (Å²) in [6.45, 7) is 15.3. The summed E-state index contributed by atoms with van der Waals surface area (Å²) in [5, 5.41) is 3.66. The number of nitrogens with one attached hydrogen (secondary N) is 2. The quantitative estimate of drug-likeness (QED) is 0.179. The number of esters is 2. The Hall–Kier alpha value is -3.09. The summed E-state index contributed by atoms with van der Waals surface area (Å²) in [6, 6.07) is -1.94. The molecule has 0 radical (unpaired) electrons. The van der Waals surface area contributed by atoms with Crippen molar-refractivity contribution in [2.75, 3.05) is 0 Å². The minimum absolute atomic E-state index is 0.0403. The molecule has 0 spiro atoms. The summed E-state index contributed by atoms with van der Waals surface area (Å²) in [4.78, 5) is 75.8. The molecule has 12 nitrogen and oxygen atoms in total. The van der Waals surface area contributed by atoms with Gasteiger partial charge in [0.1, 0.15) is 45.8 Å². The van der Waals surface area contributed by atoms with Crippen LogP contribution < -0.4 is 10.6 Å². The van der Waals surface area contributed by atoms with Crippen molar-refractivity contribution in [3.8, 4) is 0 Å². The van der Waals surface area contributed by atoms with Gasteiger partial charge >= 0.3 is 18.0 Å². The highest BCUT2D eigenvalue weighted by atomic mass is 32.2. The Morgan fingerprint density at radius 1 is 0.975 bits per heavy atom. The lowest BCUT2D eigenvalue weighted by molar-refractivity contribution is -0.158. The van der Waals surface area contributed by atoms with E-state index in [1.807, 2.05) is 0 Å². The number of hydrogen-bond donors (Lipinski definition) is 2. The average Bonchev–Trinajstić information content (AvgIpc) is 2.77. The number of alkyl carbamates (subject to hydrolysis) is 1. The van der Waals surface area contributed by atoms with E-state index in [0.29, 0.717) is 6.29 Å². The van der Waals surface area contributed by atoms with Crippen LogP contribution in [-0.2, 0) is 38.2 Å². The normalized spacial score (nSPS) is 21.6. The van der Waals surface area contributed by atoms with E-state index in [9.17, 15) is 28.8 Å². The standard InChI is InChI=1S/C27H41N3O9S/c1-25(2,3)37-22(34)16(28-24(36)39-27(7,8)9)11-10-12-17(32)29-18-20(33)30-13-15(14-31)19(40-21(18)30)23(35)38-26(4,5)6/h13-14,16,18-19,21H,10-12H2,1-9H3,(H,28,36)(H,29,32)/t16?,18?,19?,21-/m1/s1. The Kier molecular flexibility index (Phi) is 10.4. The zero-order valence-corrected chi connectivity index (χ0v) is 25.4. The molecule has 2 heterocycles. The number of nitrogens with zero attached hydrogens (tertiary/aromatic N) is 1. The number of rotatable bonds is 9. The third-order valence-corrected chi connectivity index (χ3v) is 6.81. The van der Waals surface area contributed by atoms with Gasteiger partial charge in [-0.05, 0) is 75.2 Å². The van der Waals surface area contributed by atoms with Crippen LogP contribution in [-0.4, -0.2) is 80.5 Å². The van der Waals surface area contributed by atoms with Gasteiger partial charge in [-0.3, -0.25) is 19.2 Å². The van der Waals surface area contributed by atoms with Crippen LogP contribution in [0.4, 0.5) is 4.79 Å². The van der Waals surface area contributed by atoms with Crippen molar-refractivity contribution in [1.29, 1.82) is 0 Å². The molecule has 0 bridgehead atoms. The van der Waals surface area contributed by atoms with Gasteiger partial charge in [-0.25, -0.2) is 9.59 Å². The molecule has 2 rings (SSSR count). The fourth-order valence-corrected chi connectivity index (χ4v) is 5.12. The molecule has 2 N–H and O–H groups in total. The summed E-state index contributed by atoms with van der Waals surface area (Å²) in [7, 11) is 0. The van der Waals surface area contributed by atoms with Gasteiger partial charge in [0, 0.05) is 18.2 Å².